The lowest BCUT2D eigenvalue weighted by atomic mass is 10.1. The molecule has 0 bridgehead atoms. The number of halogens is 1. The van der Waals surface area contributed by atoms with Crippen LogP contribution >= 0.6 is 0 Å². The highest BCUT2D eigenvalue weighted by Crippen LogP contribution is 2.22. The second-order valence-corrected chi connectivity index (χ2v) is 5.07. The van der Waals surface area contributed by atoms with E-state index in [9.17, 15) is 9.18 Å². The largest absolute Gasteiger partial charge is 0.303 e. The molecule has 0 spiro atoms. The number of carbonyl (C=O) groups excluding carboxylic acids is 1. The fourth-order valence-corrected chi connectivity index (χ4v) is 2.63. The Morgan fingerprint density at radius 1 is 1.33 bits per heavy atom. The van der Waals surface area contributed by atoms with E-state index in [-0.39, 0.29) is 11.3 Å². The molecule has 0 amide bonds. The molecule has 1 aliphatic rings. The molecule has 0 radical (unpaired) electrons. The molecule has 1 aliphatic carbocycles. The first-order valence-corrected chi connectivity index (χ1v) is 6.66. The lowest BCUT2D eigenvalue weighted by Gasteiger charge is -2.23. The van der Waals surface area contributed by atoms with Crippen molar-refractivity contribution >= 4 is 5.78 Å². The first-order valence-electron chi connectivity index (χ1n) is 6.66. The molecule has 0 atom stereocenters. The van der Waals surface area contributed by atoms with Gasteiger partial charge < -0.3 is 4.90 Å². The molecule has 0 saturated heterocycles. The fraction of sp³-hybridized carbons (Fsp3) is 0.533. The number of ketones is 1. The maximum absolute atomic E-state index is 13.4. The second-order valence-electron chi connectivity index (χ2n) is 5.07. The standard InChI is InChI=1S/C15H20FNO/c1-17(12-6-2-3-7-12)11-10-15(18)13-8-4-5-9-14(13)16/h4-5,8-9,12H,2-3,6-7,10-11H2,1H3. The van der Waals surface area contributed by atoms with Gasteiger partial charge in [-0.05, 0) is 32.0 Å². The third kappa shape index (κ3) is 3.16. The Bertz CT molecular complexity index is 413. The number of carbonyl (C=O) groups is 1. The molecule has 0 aromatic heterocycles. The van der Waals surface area contributed by atoms with Crippen LogP contribution in [0.2, 0.25) is 0 Å². The van der Waals surface area contributed by atoms with E-state index < -0.39 is 5.82 Å². The predicted molar refractivity (Wildman–Crippen MR) is 70.2 cm³/mol. The van der Waals surface area contributed by atoms with Gasteiger partial charge in [-0.25, -0.2) is 4.39 Å². The molecular formula is C15H20FNO. The molecule has 1 fully saturated rings. The van der Waals surface area contributed by atoms with Crippen LogP contribution in [0.25, 0.3) is 0 Å². The lowest BCUT2D eigenvalue weighted by molar-refractivity contribution is 0.0957. The summed E-state index contributed by atoms with van der Waals surface area (Å²) in [5, 5.41) is 0. The first kappa shape index (κ1) is 13.2. The molecule has 0 aliphatic heterocycles. The van der Waals surface area contributed by atoms with E-state index in [0.717, 1.165) is 6.54 Å². The van der Waals surface area contributed by atoms with Crippen LogP contribution in [0.4, 0.5) is 4.39 Å². The van der Waals surface area contributed by atoms with E-state index in [0.29, 0.717) is 12.5 Å². The highest BCUT2D eigenvalue weighted by atomic mass is 19.1. The van der Waals surface area contributed by atoms with Crippen molar-refractivity contribution in [2.45, 2.75) is 38.1 Å². The zero-order chi connectivity index (χ0) is 13.0. The Balaban J connectivity index is 1.86. The SMILES string of the molecule is CN(CCC(=O)c1ccccc1F)C1CCCC1. The van der Waals surface area contributed by atoms with Crippen molar-refractivity contribution in [3.05, 3.63) is 35.6 Å². The van der Waals surface area contributed by atoms with Gasteiger partial charge in [0.1, 0.15) is 5.82 Å². The third-order valence-electron chi connectivity index (χ3n) is 3.81. The monoisotopic (exact) mass is 249 g/mol. The normalized spacial score (nSPS) is 16.4. The average Bonchev–Trinajstić information content (AvgIpc) is 2.90. The van der Waals surface area contributed by atoms with Crippen molar-refractivity contribution in [3.63, 3.8) is 0 Å². The van der Waals surface area contributed by atoms with Gasteiger partial charge in [-0.3, -0.25) is 4.79 Å². The molecular weight excluding hydrogens is 229 g/mol. The van der Waals surface area contributed by atoms with Crippen molar-refractivity contribution in [2.75, 3.05) is 13.6 Å². The molecule has 2 nitrogen and oxygen atoms in total. The molecule has 98 valence electrons. The molecule has 0 unspecified atom stereocenters. The zero-order valence-electron chi connectivity index (χ0n) is 10.9. The van der Waals surface area contributed by atoms with Crippen molar-refractivity contribution in [2.24, 2.45) is 0 Å². The van der Waals surface area contributed by atoms with Gasteiger partial charge in [0.15, 0.2) is 5.78 Å². The van der Waals surface area contributed by atoms with Crippen molar-refractivity contribution in [1.82, 2.24) is 4.90 Å². The van der Waals surface area contributed by atoms with Gasteiger partial charge in [0.25, 0.3) is 0 Å². The van der Waals surface area contributed by atoms with Crippen LogP contribution in [-0.2, 0) is 0 Å². The number of hydrogen-bond acceptors (Lipinski definition) is 2. The summed E-state index contributed by atoms with van der Waals surface area (Å²) in [5.41, 5.74) is 0.220. The highest BCUT2D eigenvalue weighted by molar-refractivity contribution is 5.96. The van der Waals surface area contributed by atoms with Gasteiger partial charge >= 0.3 is 0 Å². The number of Topliss-reactive ketones (excluding diaryl/α,β-unsaturated/α-hetero) is 1. The number of benzene rings is 1. The van der Waals surface area contributed by atoms with Crippen LogP contribution in [0.5, 0.6) is 0 Å². The third-order valence-corrected chi connectivity index (χ3v) is 3.81. The maximum atomic E-state index is 13.4. The number of rotatable bonds is 5. The predicted octanol–water partition coefficient (Wildman–Crippen LogP) is 3.27. The van der Waals surface area contributed by atoms with Crippen LogP contribution in [-0.4, -0.2) is 30.3 Å². The summed E-state index contributed by atoms with van der Waals surface area (Å²) in [6.45, 7) is 0.720. The van der Waals surface area contributed by atoms with E-state index in [1.807, 2.05) is 0 Å². The Labute approximate surface area is 108 Å². The van der Waals surface area contributed by atoms with E-state index in [1.165, 1.54) is 31.7 Å². The minimum atomic E-state index is -0.411. The molecule has 18 heavy (non-hydrogen) atoms. The Kier molecular flexibility index (Phi) is 4.48. The highest BCUT2D eigenvalue weighted by Gasteiger charge is 2.20. The summed E-state index contributed by atoms with van der Waals surface area (Å²) in [5.74, 6) is -0.510. The molecule has 0 heterocycles. The molecule has 2 rings (SSSR count). The number of hydrogen-bond donors (Lipinski definition) is 0. The van der Waals surface area contributed by atoms with E-state index in [2.05, 4.69) is 11.9 Å². The maximum Gasteiger partial charge on any atom is 0.167 e. The summed E-state index contributed by atoms with van der Waals surface area (Å²) in [7, 11) is 2.06. The molecule has 0 N–H and O–H groups in total. The Morgan fingerprint density at radius 2 is 2.00 bits per heavy atom. The van der Waals surface area contributed by atoms with Crippen molar-refractivity contribution in [1.29, 1.82) is 0 Å². The molecule has 1 saturated carbocycles. The summed E-state index contributed by atoms with van der Waals surface area (Å²) >= 11 is 0. The summed E-state index contributed by atoms with van der Waals surface area (Å²) in [4.78, 5) is 14.2. The van der Waals surface area contributed by atoms with Gasteiger partial charge in [0, 0.05) is 19.0 Å². The summed E-state index contributed by atoms with van der Waals surface area (Å²) in [6, 6.07) is 6.83. The fourth-order valence-electron chi connectivity index (χ4n) is 2.63. The summed E-state index contributed by atoms with van der Waals surface area (Å²) in [6.07, 6.45) is 5.43. The van der Waals surface area contributed by atoms with Crippen LogP contribution in [0.15, 0.2) is 24.3 Å². The van der Waals surface area contributed by atoms with Crippen LogP contribution in [0.3, 0.4) is 0 Å². The van der Waals surface area contributed by atoms with Crippen LogP contribution in [0.1, 0.15) is 42.5 Å². The molecule has 1 aromatic rings. The zero-order valence-corrected chi connectivity index (χ0v) is 10.9. The molecule has 1 aromatic carbocycles. The van der Waals surface area contributed by atoms with Gasteiger partial charge in [-0.15, -0.1) is 0 Å². The van der Waals surface area contributed by atoms with Gasteiger partial charge in [0.05, 0.1) is 5.56 Å². The van der Waals surface area contributed by atoms with Gasteiger partial charge in [-0.2, -0.15) is 0 Å². The topological polar surface area (TPSA) is 20.3 Å². The summed E-state index contributed by atoms with van der Waals surface area (Å²) < 4.78 is 13.4. The van der Waals surface area contributed by atoms with Gasteiger partial charge in [0.2, 0.25) is 0 Å². The smallest absolute Gasteiger partial charge is 0.167 e. The first-order chi connectivity index (χ1) is 8.68. The second kappa shape index (κ2) is 6.10. The Hall–Kier alpha value is -1.22. The minimum Gasteiger partial charge on any atom is -0.303 e. The van der Waals surface area contributed by atoms with Crippen LogP contribution in [0, 0.1) is 5.82 Å². The minimum absolute atomic E-state index is 0.0991. The van der Waals surface area contributed by atoms with Crippen molar-refractivity contribution in [3.8, 4) is 0 Å². The lowest BCUT2D eigenvalue weighted by Crippen LogP contribution is -2.31. The Morgan fingerprint density at radius 3 is 2.67 bits per heavy atom. The van der Waals surface area contributed by atoms with E-state index in [4.69, 9.17) is 0 Å². The molecule has 3 heteroatoms. The van der Waals surface area contributed by atoms with E-state index >= 15 is 0 Å². The van der Waals surface area contributed by atoms with Gasteiger partial charge in [-0.1, -0.05) is 25.0 Å². The number of nitrogens with zero attached hydrogens (tertiary/aromatic N) is 1. The average molecular weight is 249 g/mol. The van der Waals surface area contributed by atoms with E-state index in [1.54, 1.807) is 18.2 Å². The van der Waals surface area contributed by atoms with Crippen LogP contribution < -0.4 is 0 Å². The van der Waals surface area contributed by atoms with Crippen molar-refractivity contribution < 1.29 is 9.18 Å². The quantitative estimate of drug-likeness (QED) is 0.746.